The summed E-state index contributed by atoms with van der Waals surface area (Å²) in [5.41, 5.74) is 4.13. The van der Waals surface area contributed by atoms with Gasteiger partial charge in [0.15, 0.2) is 0 Å². The van der Waals surface area contributed by atoms with E-state index in [2.05, 4.69) is 0 Å². The number of carbonyl (C=O) groups is 1. The monoisotopic (exact) mass is 160 g/mol. The van der Waals surface area contributed by atoms with Gasteiger partial charge in [0.1, 0.15) is 5.67 Å². The summed E-state index contributed by atoms with van der Waals surface area (Å²) in [6, 6.07) is -0.508. The van der Waals surface area contributed by atoms with Crippen molar-refractivity contribution in [3.05, 3.63) is 0 Å². The highest BCUT2D eigenvalue weighted by Gasteiger charge is 2.41. The van der Waals surface area contributed by atoms with Gasteiger partial charge in [0.05, 0.1) is 19.1 Å². The van der Waals surface area contributed by atoms with Crippen molar-refractivity contribution in [2.24, 2.45) is 5.73 Å². The van der Waals surface area contributed by atoms with Crippen molar-refractivity contribution in [2.45, 2.75) is 25.6 Å². The lowest BCUT2D eigenvalue weighted by Crippen LogP contribution is -2.61. The molecule has 1 saturated heterocycles. The molecular weight excluding hydrogens is 147 g/mol. The summed E-state index contributed by atoms with van der Waals surface area (Å²) in [4.78, 5) is 12.5. The van der Waals surface area contributed by atoms with Crippen LogP contribution in [-0.4, -0.2) is 35.6 Å². The van der Waals surface area contributed by atoms with Gasteiger partial charge in [-0.1, -0.05) is 0 Å². The molecule has 4 heteroatoms. The summed E-state index contributed by atoms with van der Waals surface area (Å²) in [5, 5.41) is 0. The Kier molecular flexibility index (Phi) is 1.88. The fourth-order valence-electron chi connectivity index (χ4n) is 1.19. The molecule has 0 aromatic rings. The molecule has 0 aliphatic carbocycles. The first-order chi connectivity index (χ1) is 4.92. The van der Waals surface area contributed by atoms with Crippen LogP contribution in [0.25, 0.3) is 0 Å². The van der Waals surface area contributed by atoms with Crippen molar-refractivity contribution >= 4 is 5.91 Å². The van der Waals surface area contributed by atoms with Crippen LogP contribution in [0.2, 0.25) is 0 Å². The van der Waals surface area contributed by atoms with Crippen molar-refractivity contribution in [3.63, 3.8) is 0 Å². The number of nitrogens with zero attached hydrogens (tertiary/aromatic N) is 1. The molecule has 0 radical (unpaired) electrons. The van der Waals surface area contributed by atoms with E-state index in [1.165, 1.54) is 11.8 Å². The molecule has 0 bridgehead atoms. The van der Waals surface area contributed by atoms with E-state index in [-0.39, 0.29) is 19.0 Å². The minimum Gasteiger partial charge on any atom is -0.335 e. The van der Waals surface area contributed by atoms with E-state index in [0.717, 1.165) is 0 Å². The van der Waals surface area contributed by atoms with Crippen LogP contribution < -0.4 is 5.73 Å². The quantitative estimate of drug-likeness (QED) is 0.582. The smallest absolute Gasteiger partial charge is 0.239 e. The summed E-state index contributed by atoms with van der Waals surface area (Å²) >= 11 is 0. The Morgan fingerprint density at radius 2 is 2.18 bits per heavy atom. The van der Waals surface area contributed by atoms with E-state index < -0.39 is 11.7 Å². The molecule has 0 unspecified atom stereocenters. The van der Waals surface area contributed by atoms with E-state index in [9.17, 15) is 9.18 Å². The number of hydrogen-bond acceptors (Lipinski definition) is 2. The number of likely N-dealkylation sites (tertiary alicyclic amines) is 1. The zero-order valence-corrected chi connectivity index (χ0v) is 6.80. The van der Waals surface area contributed by atoms with Crippen LogP contribution in [-0.2, 0) is 4.79 Å². The summed E-state index contributed by atoms with van der Waals surface area (Å²) in [5.74, 6) is -0.167. The van der Waals surface area contributed by atoms with Gasteiger partial charge >= 0.3 is 0 Å². The van der Waals surface area contributed by atoms with Gasteiger partial charge in [-0.2, -0.15) is 0 Å². The van der Waals surface area contributed by atoms with Crippen LogP contribution in [0.15, 0.2) is 0 Å². The molecule has 2 N–H and O–H groups in total. The summed E-state index contributed by atoms with van der Waals surface area (Å²) < 4.78 is 12.8. The Labute approximate surface area is 65.3 Å². The maximum atomic E-state index is 12.8. The van der Waals surface area contributed by atoms with Crippen LogP contribution in [0, 0.1) is 0 Å². The van der Waals surface area contributed by atoms with E-state index in [0.29, 0.717) is 0 Å². The molecule has 0 aromatic carbocycles. The Hall–Kier alpha value is -0.640. The largest absolute Gasteiger partial charge is 0.335 e. The third kappa shape index (κ3) is 1.68. The zero-order chi connectivity index (χ0) is 8.65. The predicted molar refractivity (Wildman–Crippen MR) is 39.7 cm³/mol. The van der Waals surface area contributed by atoms with E-state index in [1.54, 1.807) is 6.92 Å². The van der Waals surface area contributed by atoms with Gasteiger partial charge < -0.3 is 10.6 Å². The van der Waals surface area contributed by atoms with Crippen LogP contribution in [0.1, 0.15) is 13.8 Å². The van der Waals surface area contributed by atoms with E-state index in [1.807, 2.05) is 0 Å². The van der Waals surface area contributed by atoms with Crippen molar-refractivity contribution in [1.82, 2.24) is 4.90 Å². The fourth-order valence-corrected chi connectivity index (χ4v) is 1.19. The maximum absolute atomic E-state index is 12.8. The van der Waals surface area contributed by atoms with Crippen molar-refractivity contribution in [3.8, 4) is 0 Å². The molecule has 1 heterocycles. The van der Waals surface area contributed by atoms with Gasteiger partial charge in [-0.25, -0.2) is 4.39 Å². The normalized spacial score (nSPS) is 24.2. The number of carbonyl (C=O) groups excluding carboxylic acids is 1. The van der Waals surface area contributed by atoms with Crippen molar-refractivity contribution in [2.75, 3.05) is 13.1 Å². The first-order valence-corrected chi connectivity index (χ1v) is 3.66. The summed E-state index contributed by atoms with van der Waals surface area (Å²) in [7, 11) is 0. The Bertz CT molecular complexity index is 171. The van der Waals surface area contributed by atoms with Gasteiger partial charge in [0, 0.05) is 0 Å². The lowest BCUT2D eigenvalue weighted by atomic mass is 9.98. The van der Waals surface area contributed by atoms with Gasteiger partial charge in [-0.15, -0.1) is 0 Å². The lowest BCUT2D eigenvalue weighted by Gasteiger charge is -2.42. The second-order valence-corrected chi connectivity index (χ2v) is 3.40. The van der Waals surface area contributed by atoms with Gasteiger partial charge in [0.25, 0.3) is 0 Å². The van der Waals surface area contributed by atoms with Gasteiger partial charge in [-0.05, 0) is 13.8 Å². The molecule has 1 fully saturated rings. The number of halogens is 1. The molecule has 0 spiro atoms. The molecule has 1 aliphatic rings. The number of rotatable bonds is 1. The average molecular weight is 160 g/mol. The highest BCUT2D eigenvalue weighted by Crippen LogP contribution is 2.24. The Balaban J connectivity index is 2.38. The van der Waals surface area contributed by atoms with E-state index in [4.69, 9.17) is 5.73 Å². The third-order valence-electron chi connectivity index (χ3n) is 1.74. The summed E-state index contributed by atoms with van der Waals surface area (Å²) in [6.07, 6.45) is 0. The molecular formula is C7H13FN2O. The minimum absolute atomic E-state index is 0.167. The highest BCUT2D eigenvalue weighted by atomic mass is 19.1. The van der Waals surface area contributed by atoms with Crippen LogP contribution in [0.3, 0.4) is 0 Å². The van der Waals surface area contributed by atoms with Crippen LogP contribution in [0.5, 0.6) is 0 Å². The molecule has 0 saturated carbocycles. The Morgan fingerprint density at radius 1 is 1.73 bits per heavy atom. The Morgan fingerprint density at radius 3 is 2.45 bits per heavy atom. The topological polar surface area (TPSA) is 46.3 Å². The highest BCUT2D eigenvalue weighted by molar-refractivity contribution is 5.82. The molecule has 1 rings (SSSR count). The predicted octanol–water partition coefficient (Wildman–Crippen LogP) is -0.0960. The lowest BCUT2D eigenvalue weighted by molar-refractivity contribution is -0.145. The molecule has 64 valence electrons. The first-order valence-electron chi connectivity index (χ1n) is 3.66. The number of hydrogen-bond donors (Lipinski definition) is 1. The van der Waals surface area contributed by atoms with Crippen LogP contribution >= 0.6 is 0 Å². The SMILES string of the molecule is C[C@@H](N)C(=O)N1CC(C)(F)C1. The molecule has 1 aliphatic heterocycles. The minimum atomic E-state index is -1.19. The number of nitrogens with two attached hydrogens (primary N) is 1. The van der Waals surface area contributed by atoms with Crippen LogP contribution in [0.4, 0.5) is 4.39 Å². The van der Waals surface area contributed by atoms with Gasteiger partial charge in [-0.3, -0.25) is 4.79 Å². The molecule has 0 aromatic heterocycles. The molecule has 1 atom stereocenters. The maximum Gasteiger partial charge on any atom is 0.239 e. The summed E-state index contributed by atoms with van der Waals surface area (Å²) in [6.45, 7) is 3.47. The standard InChI is InChI=1S/C7H13FN2O/c1-5(9)6(11)10-3-7(2,8)4-10/h5H,3-4,9H2,1-2H3/t5-/m1/s1. The fraction of sp³-hybridized carbons (Fsp3) is 0.857. The van der Waals surface area contributed by atoms with Gasteiger partial charge in [0.2, 0.25) is 5.91 Å². The number of alkyl halides is 1. The number of amides is 1. The van der Waals surface area contributed by atoms with Crippen molar-refractivity contribution in [1.29, 1.82) is 0 Å². The molecule has 1 amide bonds. The molecule has 11 heavy (non-hydrogen) atoms. The average Bonchev–Trinajstić information content (AvgIpc) is 1.80. The molecule has 3 nitrogen and oxygen atoms in total. The third-order valence-corrected chi connectivity index (χ3v) is 1.74. The second-order valence-electron chi connectivity index (χ2n) is 3.40. The van der Waals surface area contributed by atoms with E-state index >= 15 is 0 Å². The first kappa shape index (κ1) is 8.46. The second kappa shape index (κ2) is 2.44. The van der Waals surface area contributed by atoms with Crippen molar-refractivity contribution < 1.29 is 9.18 Å². The zero-order valence-electron chi connectivity index (χ0n) is 6.80.